The zero-order valence-corrected chi connectivity index (χ0v) is 37.9. The minimum atomic E-state index is -1.17. The minimum absolute atomic E-state index is 0.0201. The Labute approximate surface area is 362 Å². The summed E-state index contributed by atoms with van der Waals surface area (Å²) in [6.07, 6.45) is 9.78. The standard InChI is InChI=1S/C13H16O2.2C9H14O4.C8H12O4.C7H14O/c1-4-10(3)15-13(14)12-8-6-11(5-2)7-9-12;2*1-4-7(3)13-8(10)5-6(2)9(11)12;1-3-6(2)12-8(11)5-4-7(9)10;1-4-6-8-7(3)5-2/h5-10H,2,4H2,1,3H3;5,7H,4H2,1-3H3,(H,11,12);7H,2,4-5H2,1,3H3,(H,11,12);4-6H,3H2,1-2H3,(H,9,10);4,7H,1,5-6H2,2-3H3/b;6-5+;;5-4+;. The molecule has 1 aromatic rings. The van der Waals surface area contributed by atoms with Crippen LogP contribution in [0.4, 0.5) is 0 Å². The van der Waals surface area contributed by atoms with Crippen LogP contribution in [0.25, 0.3) is 6.08 Å². The topological polar surface area (TPSA) is 226 Å². The van der Waals surface area contributed by atoms with Crippen LogP contribution in [0.2, 0.25) is 0 Å². The van der Waals surface area contributed by atoms with Crippen molar-refractivity contribution < 1.29 is 72.6 Å². The molecule has 0 saturated heterocycles. The fraction of sp³-hybridized carbons (Fsp3) is 0.500. The molecule has 3 N–H and O–H groups in total. The van der Waals surface area contributed by atoms with Crippen molar-refractivity contribution >= 4 is 47.9 Å². The van der Waals surface area contributed by atoms with Crippen molar-refractivity contribution in [2.75, 3.05) is 6.61 Å². The number of rotatable bonds is 21. The predicted molar refractivity (Wildman–Crippen MR) is 235 cm³/mol. The molecule has 0 aliphatic heterocycles. The van der Waals surface area contributed by atoms with E-state index in [1.165, 1.54) is 6.92 Å². The van der Waals surface area contributed by atoms with Gasteiger partial charge in [0, 0.05) is 29.4 Å². The number of benzene rings is 1. The molecule has 0 heterocycles. The van der Waals surface area contributed by atoms with E-state index in [2.05, 4.69) is 33.6 Å². The average molecular weight is 863 g/mol. The third kappa shape index (κ3) is 39.4. The molecule has 61 heavy (non-hydrogen) atoms. The third-order valence-corrected chi connectivity index (χ3v) is 7.72. The van der Waals surface area contributed by atoms with Gasteiger partial charge in [0.1, 0.15) is 0 Å². The molecular formula is C46H70O15. The summed E-state index contributed by atoms with van der Waals surface area (Å²) in [5, 5.41) is 25.0. The highest BCUT2D eigenvalue weighted by molar-refractivity contribution is 5.95. The lowest BCUT2D eigenvalue weighted by Crippen LogP contribution is -2.15. The van der Waals surface area contributed by atoms with Crippen molar-refractivity contribution in [3.8, 4) is 0 Å². The molecule has 1 aromatic carbocycles. The van der Waals surface area contributed by atoms with E-state index in [1.54, 1.807) is 45.1 Å². The van der Waals surface area contributed by atoms with Crippen LogP contribution in [0.5, 0.6) is 0 Å². The molecule has 0 aromatic heterocycles. The summed E-state index contributed by atoms with van der Waals surface area (Å²) in [6, 6.07) is 7.20. The fourth-order valence-corrected chi connectivity index (χ4v) is 3.05. The molecule has 0 spiro atoms. The zero-order chi connectivity index (χ0) is 48.1. The van der Waals surface area contributed by atoms with E-state index in [-0.39, 0.29) is 48.0 Å². The second kappa shape index (κ2) is 38.4. The van der Waals surface area contributed by atoms with E-state index in [0.717, 1.165) is 36.6 Å². The predicted octanol–water partition coefficient (Wildman–Crippen LogP) is 8.96. The Morgan fingerprint density at radius 1 is 0.623 bits per heavy atom. The number of esters is 4. The molecule has 0 aliphatic carbocycles. The Kier molecular flexibility index (Phi) is 38.9. The van der Waals surface area contributed by atoms with Gasteiger partial charge in [-0.3, -0.25) is 4.79 Å². The average Bonchev–Trinajstić information content (AvgIpc) is 3.22. The summed E-state index contributed by atoms with van der Waals surface area (Å²) in [5.41, 5.74) is 1.41. The van der Waals surface area contributed by atoms with E-state index >= 15 is 0 Å². The molecular weight excluding hydrogens is 792 g/mol. The number of carboxylic acids is 3. The van der Waals surface area contributed by atoms with Gasteiger partial charge in [0.2, 0.25) is 0 Å². The minimum Gasteiger partial charge on any atom is -0.478 e. The van der Waals surface area contributed by atoms with E-state index in [1.807, 2.05) is 46.8 Å². The summed E-state index contributed by atoms with van der Waals surface area (Å²) in [5.74, 6) is -5.46. The Bertz CT molecular complexity index is 1560. The second-order valence-corrected chi connectivity index (χ2v) is 13.2. The molecule has 0 radical (unpaired) electrons. The van der Waals surface area contributed by atoms with Gasteiger partial charge in [-0.15, -0.1) is 6.58 Å². The lowest BCUT2D eigenvalue weighted by atomic mass is 10.1. The highest BCUT2D eigenvalue weighted by atomic mass is 16.6. The Hall–Kier alpha value is -5.83. The van der Waals surface area contributed by atoms with E-state index in [9.17, 15) is 33.6 Å². The summed E-state index contributed by atoms with van der Waals surface area (Å²) >= 11 is 0. The van der Waals surface area contributed by atoms with Gasteiger partial charge in [0.05, 0.1) is 49.1 Å². The van der Waals surface area contributed by atoms with Crippen LogP contribution in [0, 0.1) is 0 Å². The van der Waals surface area contributed by atoms with Crippen LogP contribution in [0.3, 0.4) is 0 Å². The molecule has 0 bridgehead atoms. The van der Waals surface area contributed by atoms with Gasteiger partial charge in [-0.1, -0.05) is 72.1 Å². The zero-order valence-electron chi connectivity index (χ0n) is 37.9. The highest BCUT2D eigenvalue weighted by Gasteiger charge is 2.14. The molecule has 15 heteroatoms. The third-order valence-electron chi connectivity index (χ3n) is 7.72. The fourth-order valence-electron chi connectivity index (χ4n) is 3.05. The number of hydrogen-bond acceptors (Lipinski definition) is 12. The lowest BCUT2D eigenvalue weighted by Gasteiger charge is -2.10. The van der Waals surface area contributed by atoms with Crippen LogP contribution < -0.4 is 0 Å². The number of carbonyl (C=O) groups is 7. The normalized spacial score (nSPS) is 12.6. The van der Waals surface area contributed by atoms with Crippen molar-refractivity contribution in [3.63, 3.8) is 0 Å². The molecule has 0 saturated carbocycles. The van der Waals surface area contributed by atoms with Crippen LogP contribution in [0.15, 0.2) is 79.5 Å². The Morgan fingerprint density at radius 2 is 1.07 bits per heavy atom. The van der Waals surface area contributed by atoms with Crippen LogP contribution in [0.1, 0.15) is 131 Å². The van der Waals surface area contributed by atoms with Gasteiger partial charge in [-0.2, -0.15) is 0 Å². The van der Waals surface area contributed by atoms with Crippen LogP contribution in [-0.2, 0) is 52.5 Å². The maximum Gasteiger partial charge on any atom is 0.338 e. The maximum absolute atomic E-state index is 11.6. The van der Waals surface area contributed by atoms with Crippen molar-refractivity contribution in [2.45, 2.75) is 145 Å². The van der Waals surface area contributed by atoms with Gasteiger partial charge < -0.3 is 39.0 Å². The SMILES string of the molecule is C=C(CC(=O)OC(C)CC)C(=O)O.C=CCOC(C)CC.C=Cc1ccc(C(=O)OC(C)CC)cc1.CCC(C)OC(=O)/C=C(\C)C(=O)O.CCC(C)OC(=O)/C=C/C(=O)O. The molecule has 0 fully saturated rings. The molecule has 15 nitrogen and oxygen atoms in total. The van der Waals surface area contributed by atoms with Gasteiger partial charge in [-0.25, -0.2) is 28.8 Å². The number of carboxylic acid groups (broad SMARTS) is 3. The first-order chi connectivity index (χ1) is 28.5. The van der Waals surface area contributed by atoms with Crippen LogP contribution in [-0.4, -0.2) is 94.2 Å². The summed E-state index contributed by atoms with van der Waals surface area (Å²) in [7, 11) is 0. The lowest BCUT2D eigenvalue weighted by molar-refractivity contribution is -0.149. The van der Waals surface area contributed by atoms with Gasteiger partial charge in [0.15, 0.2) is 0 Å². The van der Waals surface area contributed by atoms with E-state index in [4.69, 9.17) is 39.0 Å². The van der Waals surface area contributed by atoms with Crippen molar-refractivity contribution in [3.05, 3.63) is 90.6 Å². The van der Waals surface area contributed by atoms with Gasteiger partial charge in [-0.05, 0) is 91.3 Å². The quantitative estimate of drug-likeness (QED) is 0.0454. The summed E-state index contributed by atoms with van der Waals surface area (Å²) < 4.78 is 24.9. The molecule has 0 amide bonds. The summed E-state index contributed by atoms with van der Waals surface area (Å²) in [4.78, 5) is 74.8. The number of hydrogen-bond donors (Lipinski definition) is 3. The second-order valence-electron chi connectivity index (χ2n) is 13.2. The Morgan fingerprint density at radius 3 is 1.46 bits per heavy atom. The molecule has 0 aliphatic rings. The smallest absolute Gasteiger partial charge is 0.338 e. The maximum atomic E-state index is 11.6. The number of aliphatic carboxylic acids is 3. The first-order valence-electron chi connectivity index (χ1n) is 20.0. The van der Waals surface area contributed by atoms with E-state index in [0.29, 0.717) is 37.5 Å². The number of ether oxygens (including phenoxy) is 5. The Balaban J connectivity index is -0.000000337. The van der Waals surface area contributed by atoms with Gasteiger partial charge in [0.25, 0.3) is 0 Å². The van der Waals surface area contributed by atoms with Gasteiger partial charge >= 0.3 is 41.8 Å². The molecule has 5 atom stereocenters. The van der Waals surface area contributed by atoms with E-state index < -0.39 is 35.8 Å². The van der Waals surface area contributed by atoms with Crippen molar-refractivity contribution in [1.82, 2.24) is 0 Å². The first kappa shape index (κ1) is 61.8. The van der Waals surface area contributed by atoms with Crippen LogP contribution >= 0.6 is 0 Å². The number of carbonyl (C=O) groups excluding carboxylic acids is 4. The summed E-state index contributed by atoms with van der Waals surface area (Å²) in [6.45, 7) is 31.4. The molecule has 344 valence electrons. The molecule has 1 rings (SSSR count). The largest absolute Gasteiger partial charge is 0.478 e. The molecule has 5 unspecified atom stereocenters. The monoisotopic (exact) mass is 862 g/mol. The first-order valence-corrected chi connectivity index (χ1v) is 20.0. The van der Waals surface area contributed by atoms with Crippen molar-refractivity contribution in [1.29, 1.82) is 0 Å². The highest BCUT2D eigenvalue weighted by Crippen LogP contribution is 2.09. The van der Waals surface area contributed by atoms with Crippen molar-refractivity contribution in [2.24, 2.45) is 0 Å².